The normalized spacial score (nSPS) is 21.1. The summed E-state index contributed by atoms with van der Waals surface area (Å²) >= 11 is 1.41. The second kappa shape index (κ2) is 4.81. The van der Waals surface area contributed by atoms with Crippen LogP contribution in [0.15, 0.2) is 12.1 Å². The van der Waals surface area contributed by atoms with Gasteiger partial charge in [0.25, 0.3) is 0 Å². The van der Waals surface area contributed by atoms with Crippen molar-refractivity contribution in [1.29, 1.82) is 0 Å². The van der Waals surface area contributed by atoms with Crippen molar-refractivity contribution >= 4 is 28.9 Å². The van der Waals surface area contributed by atoms with Crippen molar-refractivity contribution < 1.29 is 14.4 Å². The van der Waals surface area contributed by atoms with Gasteiger partial charge < -0.3 is 0 Å². The van der Waals surface area contributed by atoms with E-state index in [0.29, 0.717) is 11.3 Å². The number of carbonyl (C=O) groups is 3. The Morgan fingerprint density at radius 2 is 2.00 bits per heavy atom. The summed E-state index contributed by atoms with van der Waals surface area (Å²) in [5.41, 5.74) is -0.483. The minimum absolute atomic E-state index is 0.0978. The molecule has 2 fully saturated rings. The molecule has 1 aromatic heterocycles. The molecular formula is C15H17NO3S. The quantitative estimate of drug-likeness (QED) is 0.635. The van der Waals surface area contributed by atoms with Gasteiger partial charge in [-0.3, -0.25) is 19.3 Å². The summed E-state index contributed by atoms with van der Waals surface area (Å²) < 4.78 is 0. The fourth-order valence-electron chi connectivity index (χ4n) is 3.27. The number of amides is 2. The van der Waals surface area contributed by atoms with Gasteiger partial charge in [-0.15, -0.1) is 11.3 Å². The molecule has 1 spiro atoms. The van der Waals surface area contributed by atoms with E-state index in [-0.39, 0.29) is 24.1 Å². The number of imide groups is 1. The number of hydrogen-bond acceptors (Lipinski definition) is 4. The van der Waals surface area contributed by atoms with Gasteiger partial charge in [0.15, 0.2) is 5.78 Å². The SMILES string of the molecule is Cc1ccc(C(=O)CN2C(=O)CC3(CCCC3)C2=O)s1. The average Bonchev–Trinajstić information content (AvgIpc) is 3.08. The molecule has 106 valence electrons. The lowest BCUT2D eigenvalue weighted by Crippen LogP contribution is -2.37. The summed E-state index contributed by atoms with van der Waals surface area (Å²) in [5.74, 6) is -0.444. The number of nitrogens with zero attached hydrogens (tertiary/aromatic N) is 1. The number of carbonyl (C=O) groups excluding carboxylic acids is 3. The fourth-order valence-corrected chi connectivity index (χ4v) is 4.07. The Kier molecular flexibility index (Phi) is 3.24. The third-order valence-corrected chi connectivity index (χ3v) is 5.41. The molecule has 0 N–H and O–H groups in total. The van der Waals surface area contributed by atoms with Crippen LogP contribution in [0, 0.1) is 12.3 Å². The molecule has 2 amide bonds. The van der Waals surface area contributed by atoms with E-state index < -0.39 is 5.41 Å². The Labute approximate surface area is 121 Å². The first-order chi connectivity index (χ1) is 9.52. The van der Waals surface area contributed by atoms with Crippen LogP contribution in [0.1, 0.15) is 46.7 Å². The summed E-state index contributed by atoms with van der Waals surface area (Å²) in [4.78, 5) is 39.6. The van der Waals surface area contributed by atoms with Crippen LogP contribution >= 0.6 is 11.3 Å². The molecule has 1 saturated heterocycles. The van der Waals surface area contributed by atoms with E-state index in [1.807, 2.05) is 13.0 Å². The number of hydrogen-bond donors (Lipinski definition) is 0. The van der Waals surface area contributed by atoms with Crippen LogP contribution in [-0.4, -0.2) is 29.0 Å². The first-order valence-electron chi connectivity index (χ1n) is 6.96. The van der Waals surface area contributed by atoms with E-state index in [9.17, 15) is 14.4 Å². The van der Waals surface area contributed by atoms with Gasteiger partial charge in [0.2, 0.25) is 11.8 Å². The zero-order valence-electron chi connectivity index (χ0n) is 11.5. The van der Waals surface area contributed by atoms with Crippen molar-refractivity contribution in [2.24, 2.45) is 5.41 Å². The van der Waals surface area contributed by atoms with E-state index in [1.54, 1.807) is 6.07 Å². The lowest BCUT2D eigenvalue weighted by molar-refractivity contribution is -0.140. The van der Waals surface area contributed by atoms with Crippen LogP contribution in [0.2, 0.25) is 0 Å². The number of Topliss-reactive ketones (excluding diaryl/α,β-unsaturated/α-hetero) is 1. The Hall–Kier alpha value is -1.49. The van der Waals surface area contributed by atoms with Gasteiger partial charge in [-0.1, -0.05) is 12.8 Å². The summed E-state index contributed by atoms with van der Waals surface area (Å²) in [6, 6.07) is 3.64. The van der Waals surface area contributed by atoms with Gasteiger partial charge in [-0.2, -0.15) is 0 Å². The molecule has 1 aliphatic heterocycles. The number of thiophene rings is 1. The highest BCUT2D eigenvalue weighted by atomic mass is 32.1. The third-order valence-electron chi connectivity index (χ3n) is 4.37. The molecule has 1 saturated carbocycles. The van der Waals surface area contributed by atoms with Gasteiger partial charge in [0.05, 0.1) is 16.8 Å². The second-order valence-corrected chi connectivity index (χ2v) is 7.07. The van der Waals surface area contributed by atoms with Crippen LogP contribution in [0.3, 0.4) is 0 Å². The molecule has 5 heteroatoms. The Morgan fingerprint density at radius 1 is 1.30 bits per heavy atom. The van der Waals surface area contributed by atoms with E-state index in [1.165, 1.54) is 16.2 Å². The second-order valence-electron chi connectivity index (χ2n) is 5.78. The molecule has 0 atom stereocenters. The third kappa shape index (κ3) is 2.10. The topological polar surface area (TPSA) is 54.5 Å². The Morgan fingerprint density at radius 3 is 2.60 bits per heavy atom. The molecule has 2 heterocycles. The number of rotatable bonds is 3. The van der Waals surface area contributed by atoms with Crippen LogP contribution < -0.4 is 0 Å². The molecule has 0 bridgehead atoms. The standard InChI is InChI=1S/C15H17NO3S/c1-10-4-5-12(20-10)11(17)9-16-13(18)8-15(14(16)19)6-2-3-7-15/h4-5H,2-3,6-9H2,1H3. The highest BCUT2D eigenvalue weighted by molar-refractivity contribution is 7.14. The summed E-state index contributed by atoms with van der Waals surface area (Å²) in [5, 5.41) is 0. The molecule has 1 aromatic rings. The molecule has 2 aliphatic rings. The maximum absolute atomic E-state index is 12.5. The van der Waals surface area contributed by atoms with Crippen molar-refractivity contribution in [3.8, 4) is 0 Å². The van der Waals surface area contributed by atoms with Crippen molar-refractivity contribution in [1.82, 2.24) is 4.90 Å². The highest BCUT2D eigenvalue weighted by Crippen LogP contribution is 2.46. The largest absolute Gasteiger partial charge is 0.291 e. The molecule has 1 aliphatic carbocycles. The van der Waals surface area contributed by atoms with Crippen LogP contribution in [0.5, 0.6) is 0 Å². The predicted molar refractivity (Wildman–Crippen MR) is 75.6 cm³/mol. The van der Waals surface area contributed by atoms with Gasteiger partial charge in [-0.05, 0) is 31.9 Å². The number of aryl methyl sites for hydroxylation is 1. The minimum atomic E-state index is -0.483. The highest BCUT2D eigenvalue weighted by Gasteiger charge is 2.52. The van der Waals surface area contributed by atoms with Crippen LogP contribution in [0.25, 0.3) is 0 Å². The maximum atomic E-state index is 12.5. The zero-order valence-corrected chi connectivity index (χ0v) is 12.3. The van der Waals surface area contributed by atoms with Crippen LogP contribution in [-0.2, 0) is 9.59 Å². The Bertz CT molecular complexity index is 584. The summed E-state index contributed by atoms with van der Waals surface area (Å²) in [6.07, 6.45) is 3.89. The predicted octanol–water partition coefficient (Wildman–Crippen LogP) is 2.56. The molecule has 0 unspecified atom stereocenters. The summed E-state index contributed by atoms with van der Waals surface area (Å²) in [6.45, 7) is 1.83. The molecule has 0 aromatic carbocycles. The van der Waals surface area contributed by atoms with Crippen molar-refractivity contribution in [3.63, 3.8) is 0 Å². The van der Waals surface area contributed by atoms with Crippen molar-refractivity contribution in [2.75, 3.05) is 6.54 Å². The number of likely N-dealkylation sites (tertiary alicyclic amines) is 1. The first kappa shape index (κ1) is 13.5. The first-order valence-corrected chi connectivity index (χ1v) is 7.78. The maximum Gasteiger partial charge on any atom is 0.236 e. The lowest BCUT2D eigenvalue weighted by atomic mass is 9.84. The fraction of sp³-hybridized carbons (Fsp3) is 0.533. The Balaban J connectivity index is 1.76. The molecule has 20 heavy (non-hydrogen) atoms. The molecule has 4 nitrogen and oxygen atoms in total. The van der Waals surface area contributed by atoms with Gasteiger partial charge >= 0.3 is 0 Å². The van der Waals surface area contributed by atoms with Crippen molar-refractivity contribution in [2.45, 2.75) is 39.0 Å². The van der Waals surface area contributed by atoms with Crippen LogP contribution in [0.4, 0.5) is 0 Å². The molecule has 3 rings (SSSR count). The monoisotopic (exact) mass is 291 g/mol. The van der Waals surface area contributed by atoms with E-state index in [2.05, 4.69) is 0 Å². The summed E-state index contributed by atoms with van der Waals surface area (Å²) in [7, 11) is 0. The van der Waals surface area contributed by atoms with Crippen molar-refractivity contribution in [3.05, 3.63) is 21.9 Å². The van der Waals surface area contributed by atoms with Gasteiger partial charge in [-0.25, -0.2) is 0 Å². The lowest BCUT2D eigenvalue weighted by Gasteiger charge is -2.20. The van der Waals surface area contributed by atoms with E-state index >= 15 is 0 Å². The minimum Gasteiger partial charge on any atom is -0.291 e. The smallest absolute Gasteiger partial charge is 0.236 e. The molecular weight excluding hydrogens is 274 g/mol. The average molecular weight is 291 g/mol. The van der Waals surface area contributed by atoms with Gasteiger partial charge in [0.1, 0.15) is 0 Å². The number of ketones is 1. The van der Waals surface area contributed by atoms with E-state index in [4.69, 9.17) is 0 Å². The van der Waals surface area contributed by atoms with Gasteiger partial charge in [0, 0.05) is 11.3 Å². The van der Waals surface area contributed by atoms with E-state index in [0.717, 1.165) is 30.6 Å². The molecule has 0 radical (unpaired) electrons. The zero-order chi connectivity index (χ0) is 14.3.